The number of benzene rings is 1. The summed E-state index contributed by atoms with van der Waals surface area (Å²) in [5.41, 5.74) is 12.1. The number of carbonyl (C=O) groups excluding carboxylic acids is 1. The second-order valence-corrected chi connectivity index (χ2v) is 7.82. The van der Waals surface area contributed by atoms with Crippen molar-refractivity contribution in [2.75, 3.05) is 26.7 Å². The minimum Gasteiger partial charge on any atom is -0.404 e. The highest BCUT2D eigenvalue weighted by atomic mass is 16.1. The van der Waals surface area contributed by atoms with Gasteiger partial charge in [-0.2, -0.15) is 5.10 Å². The van der Waals surface area contributed by atoms with E-state index in [-0.39, 0.29) is 5.91 Å². The third kappa shape index (κ3) is 4.71. The van der Waals surface area contributed by atoms with E-state index in [0.29, 0.717) is 5.57 Å². The second kappa shape index (κ2) is 9.59. The summed E-state index contributed by atoms with van der Waals surface area (Å²) in [5.74, 6) is -0.220. The number of aromatic nitrogens is 2. The first kappa shape index (κ1) is 21.6. The highest BCUT2D eigenvalue weighted by Gasteiger charge is 2.14. The Morgan fingerprint density at radius 1 is 1.33 bits per heavy atom. The molecule has 0 aliphatic carbocycles. The number of nitrogens with two attached hydrogens (primary N) is 1. The number of nitrogens with zero attached hydrogens (tertiary/aromatic N) is 2. The van der Waals surface area contributed by atoms with Crippen LogP contribution in [0, 0.1) is 0 Å². The minimum absolute atomic E-state index is 0.220. The van der Waals surface area contributed by atoms with Crippen LogP contribution in [0.4, 0.5) is 0 Å². The number of rotatable bonds is 7. The Morgan fingerprint density at radius 3 is 2.70 bits per heavy atom. The molecule has 6 heteroatoms. The van der Waals surface area contributed by atoms with Gasteiger partial charge in [-0.05, 0) is 69.1 Å². The largest absolute Gasteiger partial charge is 0.404 e. The Morgan fingerprint density at radius 2 is 2.07 bits per heavy atom. The number of nitrogens with one attached hydrogen (secondary N) is 2. The molecular weight excluding hydrogens is 374 g/mol. The molecule has 0 spiro atoms. The van der Waals surface area contributed by atoms with Gasteiger partial charge in [-0.1, -0.05) is 29.9 Å². The third-order valence-electron chi connectivity index (χ3n) is 5.53. The normalized spacial score (nSPS) is 16.3. The average Bonchev–Trinajstić information content (AvgIpc) is 3.38. The van der Waals surface area contributed by atoms with E-state index in [1.165, 1.54) is 37.7 Å². The van der Waals surface area contributed by atoms with E-state index in [9.17, 15) is 4.79 Å². The highest BCUT2D eigenvalue weighted by Crippen LogP contribution is 2.25. The van der Waals surface area contributed by atoms with Gasteiger partial charge in [0.05, 0.1) is 16.8 Å². The van der Waals surface area contributed by atoms with E-state index >= 15 is 0 Å². The number of likely N-dealkylation sites (N-methyl/N-ethyl adjacent to an activating group) is 1. The lowest BCUT2D eigenvalue weighted by atomic mass is 10.0. The second-order valence-electron chi connectivity index (χ2n) is 7.82. The van der Waals surface area contributed by atoms with Crippen LogP contribution in [0.3, 0.4) is 0 Å². The summed E-state index contributed by atoms with van der Waals surface area (Å²) in [7, 11) is 1.59. The predicted molar refractivity (Wildman–Crippen MR) is 125 cm³/mol. The van der Waals surface area contributed by atoms with E-state index in [2.05, 4.69) is 40.0 Å². The average molecular weight is 406 g/mol. The van der Waals surface area contributed by atoms with E-state index in [1.54, 1.807) is 7.05 Å². The third-order valence-corrected chi connectivity index (χ3v) is 5.53. The minimum atomic E-state index is -0.220. The number of hydrogen-bond acceptors (Lipinski definition) is 4. The first-order valence-corrected chi connectivity index (χ1v) is 10.3. The fraction of sp³-hybridized carbons (Fsp3) is 0.333. The number of amides is 1. The van der Waals surface area contributed by atoms with Crippen LogP contribution in [-0.4, -0.2) is 47.7 Å². The number of carbonyl (C=O) groups is 1. The van der Waals surface area contributed by atoms with Crippen LogP contribution < -0.4 is 11.1 Å². The van der Waals surface area contributed by atoms with Crippen LogP contribution in [-0.2, 0) is 4.79 Å². The van der Waals surface area contributed by atoms with Crippen molar-refractivity contribution in [3.05, 3.63) is 65.0 Å². The molecule has 1 amide bonds. The maximum Gasteiger partial charge on any atom is 0.253 e. The molecule has 0 saturated carbocycles. The molecule has 2 heterocycles. The maximum absolute atomic E-state index is 12.1. The van der Waals surface area contributed by atoms with Gasteiger partial charge in [0.2, 0.25) is 0 Å². The molecule has 30 heavy (non-hydrogen) atoms. The van der Waals surface area contributed by atoms with Crippen LogP contribution in [0.15, 0.2) is 53.8 Å². The summed E-state index contributed by atoms with van der Waals surface area (Å²) in [6, 6.07) is 5.68. The lowest BCUT2D eigenvalue weighted by Gasteiger charge is -2.17. The topological polar surface area (TPSA) is 87.0 Å². The SMILES string of the molecule is C=C(C)C(/C=C/c1[nH]nc2ccc(/C(=C/N)C(=O)NC)cc12)=C(\C)CN1CCCC1. The number of hydrogen-bond donors (Lipinski definition) is 3. The summed E-state index contributed by atoms with van der Waals surface area (Å²) >= 11 is 0. The van der Waals surface area contributed by atoms with Crippen molar-refractivity contribution in [2.24, 2.45) is 5.73 Å². The first-order chi connectivity index (χ1) is 14.4. The number of allylic oxidation sites excluding steroid dienone is 3. The van der Waals surface area contributed by atoms with Crippen LogP contribution in [0.25, 0.3) is 22.6 Å². The molecule has 2 aromatic rings. The number of aromatic amines is 1. The van der Waals surface area contributed by atoms with Gasteiger partial charge >= 0.3 is 0 Å². The van der Waals surface area contributed by atoms with E-state index in [0.717, 1.165) is 39.9 Å². The Kier molecular flexibility index (Phi) is 6.90. The fourth-order valence-corrected chi connectivity index (χ4v) is 3.94. The summed E-state index contributed by atoms with van der Waals surface area (Å²) in [6.45, 7) is 11.7. The Hall–Kier alpha value is -3.12. The molecule has 4 N–H and O–H groups in total. The summed E-state index contributed by atoms with van der Waals surface area (Å²) in [5, 5.41) is 11.0. The molecule has 0 bridgehead atoms. The lowest BCUT2D eigenvalue weighted by Crippen LogP contribution is -2.21. The summed E-state index contributed by atoms with van der Waals surface area (Å²) in [4.78, 5) is 14.6. The predicted octanol–water partition coefficient (Wildman–Crippen LogP) is 3.61. The Labute approximate surface area is 178 Å². The van der Waals surface area contributed by atoms with Gasteiger partial charge in [0.15, 0.2) is 0 Å². The molecular formula is C24H31N5O. The molecule has 1 fully saturated rings. The lowest BCUT2D eigenvalue weighted by molar-refractivity contribution is -0.115. The van der Waals surface area contributed by atoms with Gasteiger partial charge in [0.1, 0.15) is 0 Å². The Bertz CT molecular complexity index is 1040. The smallest absolute Gasteiger partial charge is 0.253 e. The van der Waals surface area contributed by atoms with Gasteiger partial charge in [-0.25, -0.2) is 0 Å². The van der Waals surface area contributed by atoms with Crippen molar-refractivity contribution in [2.45, 2.75) is 26.7 Å². The molecule has 1 aliphatic heterocycles. The number of likely N-dealkylation sites (tertiary alicyclic amines) is 1. The van der Waals surface area contributed by atoms with Crippen LogP contribution in [0.5, 0.6) is 0 Å². The van der Waals surface area contributed by atoms with Crippen molar-refractivity contribution in [3.63, 3.8) is 0 Å². The summed E-state index contributed by atoms with van der Waals surface area (Å²) in [6.07, 6.45) is 8.03. The van der Waals surface area contributed by atoms with E-state index < -0.39 is 0 Å². The van der Waals surface area contributed by atoms with Crippen LogP contribution in [0.1, 0.15) is 37.9 Å². The molecule has 0 unspecified atom stereocenters. The molecule has 1 aliphatic rings. The molecule has 1 aromatic heterocycles. The quantitative estimate of drug-likeness (QED) is 0.485. The van der Waals surface area contributed by atoms with Crippen molar-refractivity contribution < 1.29 is 4.79 Å². The zero-order valence-corrected chi connectivity index (χ0v) is 18.1. The van der Waals surface area contributed by atoms with E-state index in [1.807, 2.05) is 31.2 Å². The van der Waals surface area contributed by atoms with Gasteiger partial charge < -0.3 is 11.1 Å². The van der Waals surface area contributed by atoms with E-state index in [4.69, 9.17) is 5.73 Å². The number of fused-ring (bicyclic) bond motifs is 1. The van der Waals surface area contributed by atoms with Gasteiger partial charge in [-0.3, -0.25) is 14.8 Å². The molecule has 0 radical (unpaired) electrons. The fourth-order valence-electron chi connectivity index (χ4n) is 3.94. The first-order valence-electron chi connectivity index (χ1n) is 10.3. The van der Waals surface area contributed by atoms with Crippen molar-refractivity contribution in [1.82, 2.24) is 20.4 Å². The molecule has 3 rings (SSSR count). The van der Waals surface area contributed by atoms with Crippen molar-refractivity contribution in [1.29, 1.82) is 0 Å². The molecule has 158 valence electrons. The monoisotopic (exact) mass is 405 g/mol. The molecule has 1 saturated heterocycles. The summed E-state index contributed by atoms with van der Waals surface area (Å²) < 4.78 is 0. The highest BCUT2D eigenvalue weighted by molar-refractivity contribution is 6.19. The molecule has 6 nitrogen and oxygen atoms in total. The zero-order chi connectivity index (χ0) is 21.7. The Balaban J connectivity index is 1.93. The van der Waals surface area contributed by atoms with Crippen molar-refractivity contribution >= 4 is 28.5 Å². The van der Waals surface area contributed by atoms with Gasteiger partial charge in [0.25, 0.3) is 5.91 Å². The molecule has 1 aromatic carbocycles. The van der Waals surface area contributed by atoms with Crippen LogP contribution in [0.2, 0.25) is 0 Å². The van der Waals surface area contributed by atoms with Gasteiger partial charge in [-0.15, -0.1) is 0 Å². The van der Waals surface area contributed by atoms with Crippen LogP contribution >= 0.6 is 0 Å². The number of H-pyrrole nitrogens is 1. The zero-order valence-electron chi connectivity index (χ0n) is 18.1. The van der Waals surface area contributed by atoms with Gasteiger partial charge in [0, 0.05) is 25.2 Å². The molecule has 0 atom stereocenters. The standard InChI is InChI=1S/C24H31N5O/c1-16(2)19(17(3)15-29-11-5-6-12-29)8-10-23-20-13-18(7-9-22(20)27-28-23)21(14-25)24(30)26-4/h7-10,13-14H,1,5-6,11-12,15,25H2,2-4H3,(H,26,30)(H,27,28)/b10-8+,19-17+,21-14-. The maximum atomic E-state index is 12.1. The van der Waals surface area contributed by atoms with Crippen molar-refractivity contribution in [3.8, 4) is 0 Å².